The molecule has 0 bridgehead atoms. The Labute approximate surface area is 120 Å². The molecule has 1 amide bonds. The van der Waals surface area contributed by atoms with Gasteiger partial charge < -0.3 is 10.6 Å². The Kier molecular flexibility index (Phi) is 6.95. The lowest BCUT2D eigenvalue weighted by Gasteiger charge is -2.20. The molecule has 0 aliphatic carbocycles. The van der Waals surface area contributed by atoms with Crippen LogP contribution in [-0.2, 0) is 4.79 Å². The molecule has 2 atom stereocenters. The van der Waals surface area contributed by atoms with Crippen molar-refractivity contribution in [3.63, 3.8) is 0 Å². The zero-order valence-electron chi connectivity index (χ0n) is 12.2. The highest BCUT2D eigenvalue weighted by Crippen LogP contribution is 2.26. The first kappa shape index (κ1) is 16.1. The molecule has 3 nitrogen and oxygen atoms in total. The Bertz CT molecular complexity index is 392. The maximum atomic E-state index is 10.9. The molecule has 0 aliphatic heterocycles. The number of hydrogen-bond acceptors (Lipinski definition) is 3. The van der Waals surface area contributed by atoms with Crippen molar-refractivity contribution in [2.75, 3.05) is 11.9 Å². The van der Waals surface area contributed by atoms with E-state index in [-0.39, 0.29) is 5.91 Å². The number of carbonyl (C=O) groups excluding carboxylic acids is 1. The summed E-state index contributed by atoms with van der Waals surface area (Å²) in [6, 6.07) is 8.49. The zero-order chi connectivity index (χ0) is 14.3. The quantitative estimate of drug-likeness (QED) is 0.751. The van der Waals surface area contributed by atoms with Crippen LogP contribution in [0.1, 0.15) is 34.1 Å². The first-order chi connectivity index (χ1) is 9.02. The number of anilines is 1. The Morgan fingerprint density at radius 1 is 1.26 bits per heavy atom. The van der Waals surface area contributed by atoms with E-state index < -0.39 is 0 Å². The summed E-state index contributed by atoms with van der Waals surface area (Å²) in [6.07, 6.45) is 1.16. The van der Waals surface area contributed by atoms with E-state index in [2.05, 4.69) is 43.5 Å². The van der Waals surface area contributed by atoms with Crippen LogP contribution in [0.15, 0.2) is 29.2 Å². The molecular formula is C15H24N2OS. The van der Waals surface area contributed by atoms with Crippen molar-refractivity contribution in [1.82, 2.24) is 5.32 Å². The number of thioether (sulfide) groups is 1. The Balaban J connectivity index is 2.50. The van der Waals surface area contributed by atoms with Crippen molar-refractivity contribution in [2.45, 2.75) is 50.3 Å². The second kappa shape index (κ2) is 8.23. The van der Waals surface area contributed by atoms with Gasteiger partial charge in [0.15, 0.2) is 0 Å². The summed E-state index contributed by atoms with van der Waals surface area (Å²) < 4.78 is 0. The lowest BCUT2D eigenvalue weighted by Crippen LogP contribution is -2.34. The highest BCUT2D eigenvalue weighted by atomic mass is 32.2. The summed E-state index contributed by atoms with van der Waals surface area (Å²) in [6.45, 7) is 9.22. The lowest BCUT2D eigenvalue weighted by molar-refractivity contribution is -0.114. The van der Waals surface area contributed by atoms with Crippen molar-refractivity contribution in [3.8, 4) is 0 Å². The summed E-state index contributed by atoms with van der Waals surface area (Å²) in [7, 11) is 0. The fraction of sp³-hybridized carbons (Fsp3) is 0.533. The molecule has 2 unspecified atom stereocenters. The molecule has 0 aliphatic rings. The van der Waals surface area contributed by atoms with Crippen LogP contribution in [0.2, 0.25) is 0 Å². The van der Waals surface area contributed by atoms with Gasteiger partial charge in [-0.3, -0.25) is 4.79 Å². The van der Waals surface area contributed by atoms with E-state index in [4.69, 9.17) is 0 Å². The van der Waals surface area contributed by atoms with Crippen molar-refractivity contribution in [2.24, 2.45) is 0 Å². The average Bonchev–Trinajstić information content (AvgIpc) is 2.37. The van der Waals surface area contributed by atoms with E-state index in [1.165, 1.54) is 11.8 Å². The van der Waals surface area contributed by atoms with Gasteiger partial charge in [-0.05, 0) is 44.2 Å². The molecule has 106 valence electrons. The number of amides is 1. The van der Waals surface area contributed by atoms with Gasteiger partial charge in [0.1, 0.15) is 0 Å². The van der Waals surface area contributed by atoms with Crippen LogP contribution in [0.25, 0.3) is 0 Å². The molecule has 4 heteroatoms. The third-order valence-electron chi connectivity index (χ3n) is 2.92. The molecule has 0 aromatic heterocycles. The molecule has 0 saturated carbocycles. The van der Waals surface area contributed by atoms with Crippen LogP contribution in [0.5, 0.6) is 0 Å². The molecule has 0 fully saturated rings. The van der Waals surface area contributed by atoms with Gasteiger partial charge in [-0.25, -0.2) is 0 Å². The molecule has 19 heavy (non-hydrogen) atoms. The SMILES string of the molecule is CCCNC(C)C(C)Sc1ccc(NC(C)=O)cc1. The predicted molar refractivity (Wildman–Crippen MR) is 83.8 cm³/mol. The van der Waals surface area contributed by atoms with Gasteiger partial charge in [0.05, 0.1) is 0 Å². The Morgan fingerprint density at radius 3 is 2.42 bits per heavy atom. The van der Waals surface area contributed by atoms with Gasteiger partial charge in [0, 0.05) is 28.8 Å². The number of rotatable bonds is 7. The van der Waals surface area contributed by atoms with Crippen molar-refractivity contribution in [3.05, 3.63) is 24.3 Å². The van der Waals surface area contributed by atoms with Crippen LogP contribution < -0.4 is 10.6 Å². The molecule has 1 aromatic carbocycles. The fourth-order valence-corrected chi connectivity index (χ4v) is 2.70. The highest BCUT2D eigenvalue weighted by molar-refractivity contribution is 8.00. The van der Waals surface area contributed by atoms with Crippen LogP contribution in [0, 0.1) is 0 Å². The van der Waals surface area contributed by atoms with Crippen molar-refractivity contribution < 1.29 is 4.79 Å². The number of benzene rings is 1. The molecule has 0 heterocycles. The Hall–Kier alpha value is -1.00. The van der Waals surface area contributed by atoms with E-state index in [0.717, 1.165) is 18.7 Å². The van der Waals surface area contributed by atoms with Gasteiger partial charge in [-0.2, -0.15) is 0 Å². The van der Waals surface area contributed by atoms with Crippen LogP contribution in [0.3, 0.4) is 0 Å². The topological polar surface area (TPSA) is 41.1 Å². The Morgan fingerprint density at radius 2 is 1.89 bits per heavy atom. The standard InChI is InChI=1S/C15H24N2OS/c1-5-10-16-11(2)12(3)19-15-8-6-14(7-9-15)17-13(4)18/h6-9,11-12,16H,5,10H2,1-4H3,(H,17,18). The summed E-state index contributed by atoms with van der Waals surface area (Å²) in [5.41, 5.74) is 0.849. The van der Waals surface area contributed by atoms with Crippen molar-refractivity contribution in [1.29, 1.82) is 0 Å². The molecule has 2 N–H and O–H groups in total. The molecule has 0 saturated heterocycles. The van der Waals surface area contributed by atoms with E-state index in [9.17, 15) is 4.79 Å². The third-order valence-corrected chi connectivity index (χ3v) is 4.24. The van der Waals surface area contributed by atoms with Crippen LogP contribution in [0.4, 0.5) is 5.69 Å². The minimum Gasteiger partial charge on any atom is -0.326 e. The summed E-state index contributed by atoms with van der Waals surface area (Å²) in [4.78, 5) is 12.2. The van der Waals surface area contributed by atoms with Gasteiger partial charge in [-0.15, -0.1) is 11.8 Å². The van der Waals surface area contributed by atoms with Crippen LogP contribution >= 0.6 is 11.8 Å². The highest BCUT2D eigenvalue weighted by Gasteiger charge is 2.12. The lowest BCUT2D eigenvalue weighted by atomic mass is 10.2. The maximum Gasteiger partial charge on any atom is 0.221 e. The minimum absolute atomic E-state index is 0.0360. The van der Waals surface area contributed by atoms with E-state index in [0.29, 0.717) is 11.3 Å². The average molecular weight is 280 g/mol. The number of carbonyl (C=O) groups is 1. The van der Waals surface area contributed by atoms with E-state index >= 15 is 0 Å². The largest absolute Gasteiger partial charge is 0.326 e. The molecule has 1 aromatic rings. The molecule has 1 rings (SSSR count). The maximum absolute atomic E-state index is 10.9. The normalized spacial score (nSPS) is 13.9. The predicted octanol–water partition coefficient (Wildman–Crippen LogP) is 3.51. The molecular weight excluding hydrogens is 256 g/mol. The third kappa shape index (κ3) is 6.12. The van der Waals surface area contributed by atoms with E-state index in [1.54, 1.807) is 0 Å². The van der Waals surface area contributed by atoms with Gasteiger partial charge in [0.25, 0.3) is 0 Å². The van der Waals surface area contributed by atoms with Gasteiger partial charge >= 0.3 is 0 Å². The second-order valence-electron chi connectivity index (χ2n) is 4.77. The van der Waals surface area contributed by atoms with Gasteiger partial charge in [-0.1, -0.05) is 13.8 Å². The summed E-state index contributed by atoms with van der Waals surface area (Å²) in [5.74, 6) is -0.0360. The first-order valence-corrected chi connectivity index (χ1v) is 7.68. The zero-order valence-corrected chi connectivity index (χ0v) is 13.0. The van der Waals surface area contributed by atoms with Crippen molar-refractivity contribution >= 4 is 23.4 Å². The monoisotopic (exact) mass is 280 g/mol. The fourth-order valence-electron chi connectivity index (χ4n) is 1.67. The minimum atomic E-state index is -0.0360. The van der Waals surface area contributed by atoms with E-state index in [1.807, 2.05) is 23.9 Å². The van der Waals surface area contributed by atoms with Gasteiger partial charge in [0.2, 0.25) is 5.91 Å². The number of hydrogen-bond donors (Lipinski definition) is 2. The number of nitrogens with one attached hydrogen (secondary N) is 2. The summed E-state index contributed by atoms with van der Waals surface area (Å²) >= 11 is 1.85. The summed E-state index contributed by atoms with van der Waals surface area (Å²) in [5, 5.41) is 6.80. The molecule has 0 radical (unpaired) electrons. The first-order valence-electron chi connectivity index (χ1n) is 6.80. The van der Waals surface area contributed by atoms with Crippen LogP contribution in [-0.4, -0.2) is 23.7 Å². The molecule has 0 spiro atoms. The smallest absolute Gasteiger partial charge is 0.221 e. The second-order valence-corrected chi connectivity index (χ2v) is 6.22.